The Kier molecular flexibility index (Phi) is 5.84. The lowest BCUT2D eigenvalue weighted by molar-refractivity contribution is 0.0697. The van der Waals surface area contributed by atoms with E-state index in [2.05, 4.69) is 4.99 Å². The van der Waals surface area contributed by atoms with E-state index in [1.165, 1.54) is 30.3 Å². The lowest BCUT2D eigenvalue weighted by atomic mass is 10.1. The molecule has 4 nitrogen and oxygen atoms in total. The van der Waals surface area contributed by atoms with Gasteiger partial charge in [0.05, 0.1) is 16.3 Å². The molecule has 0 spiro atoms. The van der Waals surface area contributed by atoms with Crippen LogP contribution in [0.2, 0.25) is 5.02 Å². The third-order valence-corrected chi connectivity index (χ3v) is 4.06. The molecule has 0 radical (unpaired) electrons. The zero-order valence-corrected chi connectivity index (χ0v) is 14.9. The number of hydrogen-bond donors (Lipinski definition) is 1. The van der Waals surface area contributed by atoms with E-state index in [1.54, 1.807) is 18.3 Å². The Labute approximate surface area is 160 Å². The van der Waals surface area contributed by atoms with Gasteiger partial charge in [-0.15, -0.1) is 0 Å². The molecular weight excluding hydrogens is 369 g/mol. The number of nitrogens with zero attached hydrogens (tertiary/aromatic N) is 1. The molecule has 0 atom stereocenters. The highest BCUT2D eigenvalue weighted by molar-refractivity contribution is 6.31. The molecule has 3 aromatic rings. The summed E-state index contributed by atoms with van der Waals surface area (Å²) in [6.45, 7) is 0.285. The largest absolute Gasteiger partial charge is 0.488 e. The van der Waals surface area contributed by atoms with Gasteiger partial charge in [-0.3, -0.25) is 4.99 Å². The van der Waals surface area contributed by atoms with Crippen molar-refractivity contribution in [2.45, 2.75) is 6.61 Å². The van der Waals surface area contributed by atoms with Crippen LogP contribution in [0.4, 0.5) is 10.1 Å². The minimum Gasteiger partial charge on any atom is -0.488 e. The second kappa shape index (κ2) is 8.47. The van der Waals surface area contributed by atoms with Crippen molar-refractivity contribution in [3.63, 3.8) is 0 Å². The number of carboxylic acids is 1. The molecule has 0 unspecified atom stereocenters. The maximum absolute atomic E-state index is 13.2. The van der Waals surface area contributed by atoms with Crippen molar-refractivity contribution in [1.82, 2.24) is 0 Å². The minimum atomic E-state index is -0.968. The highest BCUT2D eigenvalue weighted by Gasteiger charge is 2.05. The molecule has 27 heavy (non-hydrogen) atoms. The Morgan fingerprint density at radius 1 is 1.11 bits per heavy atom. The predicted octanol–water partition coefficient (Wildman–Crippen LogP) is 5.51. The van der Waals surface area contributed by atoms with Gasteiger partial charge in [-0.05, 0) is 48.0 Å². The first-order valence-electron chi connectivity index (χ1n) is 8.06. The van der Waals surface area contributed by atoms with Crippen LogP contribution in [-0.2, 0) is 6.61 Å². The number of carbonyl (C=O) groups is 1. The predicted molar refractivity (Wildman–Crippen MR) is 103 cm³/mol. The van der Waals surface area contributed by atoms with Crippen molar-refractivity contribution < 1.29 is 19.0 Å². The fourth-order valence-electron chi connectivity index (χ4n) is 2.33. The Morgan fingerprint density at radius 3 is 2.56 bits per heavy atom. The molecular formula is C21H15ClFNO3. The second-order valence-corrected chi connectivity index (χ2v) is 6.09. The Balaban J connectivity index is 1.72. The van der Waals surface area contributed by atoms with Crippen molar-refractivity contribution in [2.75, 3.05) is 0 Å². The van der Waals surface area contributed by atoms with Crippen LogP contribution in [0.25, 0.3) is 0 Å². The van der Waals surface area contributed by atoms with Crippen LogP contribution in [0, 0.1) is 5.82 Å². The molecule has 136 valence electrons. The summed E-state index contributed by atoms with van der Waals surface area (Å²) in [5.41, 5.74) is 2.35. The van der Waals surface area contributed by atoms with Crippen LogP contribution in [0.3, 0.4) is 0 Å². The maximum Gasteiger partial charge on any atom is 0.335 e. The number of ether oxygens (including phenoxy) is 1. The van der Waals surface area contributed by atoms with E-state index in [0.29, 0.717) is 11.4 Å². The van der Waals surface area contributed by atoms with Crippen LogP contribution in [0.15, 0.2) is 71.7 Å². The first-order valence-corrected chi connectivity index (χ1v) is 8.44. The summed E-state index contributed by atoms with van der Waals surface area (Å²) >= 11 is 5.76. The van der Waals surface area contributed by atoms with E-state index < -0.39 is 11.8 Å². The number of hydrogen-bond acceptors (Lipinski definition) is 3. The average Bonchev–Trinajstić information content (AvgIpc) is 2.68. The monoisotopic (exact) mass is 383 g/mol. The molecule has 1 N–H and O–H groups in total. The first kappa shape index (κ1) is 18.6. The fraction of sp³-hybridized carbons (Fsp3) is 0.0476. The van der Waals surface area contributed by atoms with E-state index in [4.69, 9.17) is 21.4 Å². The van der Waals surface area contributed by atoms with Crippen molar-refractivity contribution in [2.24, 2.45) is 4.99 Å². The average molecular weight is 384 g/mol. The molecule has 0 fully saturated rings. The first-order chi connectivity index (χ1) is 13.0. The number of benzene rings is 3. The molecule has 6 heteroatoms. The fourth-order valence-corrected chi connectivity index (χ4v) is 2.51. The van der Waals surface area contributed by atoms with Gasteiger partial charge in [-0.25, -0.2) is 9.18 Å². The molecule has 0 amide bonds. The number of halogens is 2. The van der Waals surface area contributed by atoms with Gasteiger partial charge in [0.1, 0.15) is 18.2 Å². The number of rotatable bonds is 6. The van der Waals surface area contributed by atoms with E-state index in [0.717, 1.165) is 11.1 Å². The Bertz CT molecular complexity index is 987. The van der Waals surface area contributed by atoms with E-state index >= 15 is 0 Å². The number of aromatic carboxylic acids is 1. The summed E-state index contributed by atoms with van der Waals surface area (Å²) in [6, 6.07) is 18.1. The van der Waals surface area contributed by atoms with Crippen molar-refractivity contribution in [1.29, 1.82) is 0 Å². The molecule has 3 rings (SSSR count). The number of aliphatic imine (C=N–C) groups is 1. The van der Waals surface area contributed by atoms with E-state index in [1.807, 2.05) is 24.3 Å². The molecule has 0 aliphatic carbocycles. The highest BCUT2D eigenvalue weighted by atomic mass is 35.5. The maximum atomic E-state index is 13.2. The Morgan fingerprint density at radius 2 is 1.85 bits per heavy atom. The zero-order valence-electron chi connectivity index (χ0n) is 14.1. The minimum absolute atomic E-state index is 0.0130. The summed E-state index contributed by atoms with van der Waals surface area (Å²) in [5, 5.41) is 8.94. The van der Waals surface area contributed by atoms with Gasteiger partial charge in [0.2, 0.25) is 0 Å². The second-order valence-electron chi connectivity index (χ2n) is 5.69. The lowest BCUT2D eigenvalue weighted by Gasteiger charge is -2.09. The molecule has 0 bridgehead atoms. The van der Waals surface area contributed by atoms with Crippen LogP contribution < -0.4 is 4.74 Å². The van der Waals surface area contributed by atoms with Gasteiger partial charge in [-0.2, -0.15) is 0 Å². The van der Waals surface area contributed by atoms with E-state index in [9.17, 15) is 9.18 Å². The van der Waals surface area contributed by atoms with Crippen LogP contribution >= 0.6 is 11.6 Å². The quantitative estimate of drug-likeness (QED) is 0.571. The van der Waals surface area contributed by atoms with Gasteiger partial charge in [-0.1, -0.05) is 35.9 Å². The third-order valence-electron chi connectivity index (χ3n) is 3.77. The smallest absolute Gasteiger partial charge is 0.335 e. The van der Waals surface area contributed by atoms with Gasteiger partial charge in [0.15, 0.2) is 0 Å². The molecule has 0 heterocycles. The van der Waals surface area contributed by atoms with Gasteiger partial charge < -0.3 is 9.84 Å². The van der Waals surface area contributed by atoms with Crippen LogP contribution in [0.5, 0.6) is 5.75 Å². The van der Waals surface area contributed by atoms with Gasteiger partial charge in [0.25, 0.3) is 0 Å². The standard InChI is InChI=1S/C21H15ClFNO3/c22-18-11-17(9-10-19(18)23)24-12-16-3-1-2-4-20(16)27-13-14-5-7-15(8-6-14)21(25)26/h1-12H,13H2,(H,25,26). The zero-order chi connectivity index (χ0) is 19.2. The molecule has 0 saturated heterocycles. The molecule has 0 aliphatic rings. The highest BCUT2D eigenvalue weighted by Crippen LogP contribution is 2.23. The lowest BCUT2D eigenvalue weighted by Crippen LogP contribution is -2.00. The summed E-state index contributed by atoms with van der Waals surface area (Å²) in [4.78, 5) is 15.2. The third kappa shape index (κ3) is 4.92. The normalized spacial score (nSPS) is 10.9. The van der Waals surface area contributed by atoms with Crippen molar-refractivity contribution >= 4 is 29.5 Å². The van der Waals surface area contributed by atoms with Gasteiger partial charge in [0, 0.05) is 11.8 Å². The molecule has 3 aromatic carbocycles. The number of carboxylic acid groups (broad SMARTS) is 1. The SMILES string of the molecule is O=C(O)c1ccc(COc2ccccc2C=Nc2ccc(F)c(Cl)c2)cc1. The molecule has 0 aliphatic heterocycles. The van der Waals surface area contributed by atoms with Crippen LogP contribution in [-0.4, -0.2) is 17.3 Å². The summed E-state index contributed by atoms with van der Waals surface area (Å²) < 4.78 is 19.1. The summed E-state index contributed by atoms with van der Waals surface area (Å²) in [5.74, 6) is -0.838. The van der Waals surface area contributed by atoms with E-state index in [-0.39, 0.29) is 17.2 Å². The van der Waals surface area contributed by atoms with Gasteiger partial charge >= 0.3 is 5.97 Å². The summed E-state index contributed by atoms with van der Waals surface area (Å²) in [7, 11) is 0. The Hall–Kier alpha value is -3.18. The summed E-state index contributed by atoms with van der Waals surface area (Å²) in [6.07, 6.45) is 1.62. The number of para-hydroxylation sites is 1. The van der Waals surface area contributed by atoms with Crippen molar-refractivity contribution in [3.05, 3.63) is 94.3 Å². The van der Waals surface area contributed by atoms with Crippen molar-refractivity contribution in [3.8, 4) is 5.75 Å². The molecule has 0 saturated carbocycles. The molecule has 0 aromatic heterocycles. The topological polar surface area (TPSA) is 58.9 Å². The van der Waals surface area contributed by atoms with Crippen LogP contribution in [0.1, 0.15) is 21.5 Å².